The summed E-state index contributed by atoms with van der Waals surface area (Å²) in [5.41, 5.74) is 0. The quantitative estimate of drug-likeness (QED) is 0.532. The number of carbonyl (C=O) groups excluding carboxylic acids is 1. The van der Waals surface area contributed by atoms with Gasteiger partial charge in [-0.3, -0.25) is 4.79 Å². The molecule has 1 saturated carbocycles. The highest BCUT2D eigenvalue weighted by atomic mass is 16.6. The van der Waals surface area contributed by atoms with Gasteiger partial charge in [0.15, 0.2) is 0 Å². The number of esters is 1. The summed E-state index contributed by atoms with van der Waals surface area (Å²) < 4.78 is 16.4. The molecule has 3 fully saturated rings. The fourth-order valence-electron chi connectivity index (χ4n) is 3.32. The van der Waals surface area contributed by atoms with Gasteiger partial charge in [-0.2, -0.15) is 0 Å². The van der Waals surface area contributed by atoms with Crippen molar-refractivity contribution < 1.29 is 19.0 Å². The molecule has 4 nitrogen and oxygen atoms in total. The summed E-state index contributed by atoms with van der Waals surface area (Å²) in [4.78, 5) is 12.2. The molecule has 0 aromatic carbocycles. The van der Waals surface area contributed by atoms with Gasteiger partial charge in [0.1, 0.15) is 0 Å². The van der Waals surface area contributed by atoms with Crippen LogP contribution in [0.1, 0.15) is 51.9 Å². The molecule has 3 aliphatic rings. The molecule has 20 heavy (non-hydrogen) atoms. The zero-order valence-corrected chi connectivity index (χ0v) is 12.4. The maximum atomic E-state index is 12.2. The smallest absolute Gasteiger partial charge is 0.309 e. The highest BCUT2D eigenvalue weighted by Gasteiger charge is 2.41. The van der Waals surface area contributed by atoms with Gasteiger partial charge in [-0.25, -0.2) is 0 Å². The maximum Gasteiger partial charge on any atom is 0.309 e. The van der Waals surface area contributed by atoms with E-state index >= 15 is 0 Å². The second-order valence-electron chi connectivity index (χ2n) is 6.54. The van der Waals surface area contributed by atoms with Gasteiger partial charge < -0.3 is 14.2 Å². The summed E-state index contributed by atoms with van der Waals surface area (Å²) in [5, 5.41) is 0. The second kappa shape index (κ2) is 6.44. The van der Waals surface area contributed by atoms with Crippen molar-refractivity contribution in [2.75, 3.05) is 13.2 Å². The van der Waals surface area contributed by atoms with Crippen LogP contribution in [0.3, 0.4) is 0 Å². The molecule has 114 valence electrons. The molecule has 3 rings (SSSR count). The molecular weight excluding hydrogens is 256 g/mol. The third-order valence-electron chi connectivity index (χ3n) is 4.79. The molecule has 0 bridgehead atoms. The van der Waals surface area contributed by atoms with E-state index in [0.29, 0.717) is 30.8 Å². The van der Waals surface area contributed by atoms with Crippen LogP contribution in [0.2, 0.25) is 0 Å². The van der Waals surface area contributed by atoms with Gasteiger partial charge >= 0.3 is 5.97 Å². The van der Waals surface area contributed by atoms with Crippen LogP contribution in [0.5, 0.6) is 0 Å². The molecule has 0 radical (unpaired) electrons. The van der Waals surface area contributed by atoms with Gasteiger partial charge in [-0.15, -0.1) is 0 Å². The van der Waals surface area contributed by atoms with Crippen LogP contribution in [0, 0.1) is 11.8 Å². The maximum absolute atomic E-state index is 12.2. The Kier molecular flexibility index (Phi) is 4.61. The Morgan fingerprint density at radius 1 is 1.25 bits per heavy atom. The normalized spacial score (nSPS) is 36.6. The van der Waals surface area contributed by atoms with Gasteiger partial charge in [-0.1, -0.05) is 13.3 Å². The third-order valence-corrected chi connectivity index (χ3v) is 4.79. The molecule has 2 aliphatic heterocycles. The number of hydrogen-bond acceptors (Lipinski definition) is 4. The molecule has 0 amide bonds. The average Bonchev–Trinajstić information content (AvgIpc) is 3.29. The van der Waals surface area contributed by atoms with Crippen molar-refractivity contribution >= 4 is 5.97 Å². The van der Waals surface area contributed by atoms with E-state index in [1.54, 1.807) is 0 Å². The lowest BCUT2D eigenvalue weighted by Gasteiger charge is -2.18. The number of hydrogen-bond donors (Lipinski definition) is 0. The van der Waals surface area contributed by atoms with Crippen LogP contribution in [-0.4, -0.2) is 37.5 Å². The van der Waals surface area contributed by atoms with Gasteiger partial charge in [-0.05, 0) is 44.4 Å². The minimum absolute atomic E-state index is 0.00648. The van der Waals surface area contributed by atoms with Crippen LogP contribution in [0.25, 0.3) is 0 Å². The van der Waals surface area contributed by atoms with E-state index < -0.39 is 0 Å². The highest BCUT2D eigenvalue weighted by molar-refractivity contribution is 5.72. The molecular formula is C16H26O4. The van der Waals surface area contributed by atoms with Crippen LogP contribution >= 0.6 is 0 Å². The van der Waals surface area contributed by atoms with Crippen molar-refractivity contribution in [3.8, 4) is 0 Å². The molecule has 2 heterocycles. The lowest BCUT2D eigenvalue weighted by molar-refractivity contribution is -0.150. The van der Waals surface area contributed by atoms with Gasteiger partial charge in [0.25, 0.3) is 0 Å². The van der Waals surface area contributed by atoms with Crippen molar-refractivity contribution in [2.24, 2.45) is 11.8 Å². The Morgan fingerprint density at radius 2 is 1.95 bits per heavy atom. The van der Waals surface area contributed by atoms with Crippen molar-refractivity contribution in [2.45, 2.75) is 70.2 Å². The largest absolute Gasteiger partial charge is 0.465 e. The standard InChI is InChI=1S/C16H26O4/c1-2-3-12(8-13-10-18-13)16(17)19-9-11-4-6-14-15(20-14)7-5-11/h11-15H,2-10H2,1H3. The predicted octanol–water partition coefficient (Wildman–Crippen LogP) is 2.69. The van der Waals surface area contributed by atoms with Crippen LogP contribution < -0.4 is 0 Å². The first kappa shape index (κ1) is 14.3. The Morgan fingerprint density at radius 3 is 2.55 bits per heavy atom. The first-order chi connectivity index (χ1) is 9.76. The fraction of sp³-hybridized carbons (Fsp3) is 0.938. The van der Waals surface area contributed by atoms with Gasteiger partial charge in [0.05, 0.1) is 37.4 Å². The SMILES string of the molecule is CCCC(CC1CO1)C(=O)OCC1CCC2OC2CC1. The summed E-state index contributed by atoms with van der Waals surface area (Å²) in [6, 6.07) is 0. The molecule has 2 saturated heterocycles. The average molecular weight is 282 g/mol. The lowest BCUT2D eigenvalue weighted by atomic mass is 9.98. The summed E-state index contributed by atoms with van der Waals surface area (Å²) in [7, 11) is 0. The molecule has 0 N–H and O–H groups in total. The topological polar surface area (TPSA) is 51.4 Å². The number of rotatable bonds is 7. The van der Waals surface area contributed by atoms with Crippen molar-refractivity contribution in [3.05, 3.63) is 0 Å². The zero-order valence-electron chi connectivity index (χ0n) is 12.4. The minimum Gasteiger partial charge on any atom is -0.465 e. The number of fused-ring (bicyclic) bond motifs is 1. The van der Waals surface area contributed by atoms with E-state index in [-0.39, 0.29) is 11.9 Å². The van der Waals surface area contributed by atoms with E-state index in [2.05, 4.69) is 6.92 Å². The van der Waals surface area contributed by atoms with E-state index in [0.717, 1.165) is 51.6 Å². The van der Waals surface area contributed by atoms with E-state index in [9.17, 15) is 4.79 Å². The highest BCUT2D eigenvalue weighted by Crippen LogP contribution is 2.37. The van der Waals surface area contributed by atoms with Crippen molar-refractivity contribution in [1.82, 2.24) is 0 Å². The number of carbonyl (C=O) groups is 1. The first-order valence-corrected chi connectivity index (χ1v) is 8.20. The van der Waals surface area contributed by atoms with E-state index in [1.807, 2.05) is 0 Å². The zero-order chi connectivity index (χ0) is 13.9. The van der Waals surface area contributed by atoms with E-state index in [4.69, 9.17) is 14.2 Å². The monoisotopic (exact) mass is 282 g/mol. The predicted molar refractivity (Wildman–Crippen MR) is 74.3 cm³/mol. The number of epoxide rings is 2. The van der Waals surface area contributed by atoms with E-state index in [1.165, 1.54) is 0 Å². The Labute approximate surface area is 121 Å². The van der Waals surface area contributed by atoms with Crippen molar-refractivity contribution in [3.63, 3.8) is 0 Å². The second-order valence-corrected chi connectivity index (χ2v) is 6.54. The third kappa shape index (κ3) is 3.95. The Balaban J connectivity index is 1.39. The van der Waals surface area contributed by atoms with Crippen LogP contribution in [-0.2, 0) is 19.0 Å². The van der Waals surface area contributed by atoms with Crippen LogP contribution in [0.15, 0.2) is 0 Å². The molecule has 0 spiro atoms. The lowest BCUT2D eigenvalue weighted by Crippen LogP contribution is -2.22. The van der Waals surface area contributed by atoms with Crippen molar-refractivity contribution in [1.29, 1.82) is 0 Å². The van der Waals surface area contributed by atoms with Crippen LogP contribution in [0.4, 0.5) is 0 Å². The number of ether oxygens (including phenoxy) is 3. The molecule has 0 aromatic rings. The summed E-state index contributed by atoms with van der Waals surface area (Å²) in [6.07, 6.45) is 8.67. The molecule has 4 unspecified atom stereocenters. The van der Waals surface area contributed by atoms with Gasteiger partial charge in [0.2, 0.25) is 0 Å². The minimum atomic E-state index is -0.00648. The fourth-order valence-corrected chi connectivity index (χ4v) is 3.32. The summed E-state index contributed by atoms with van der Waals surface area (Å²) >= 11 is 0. The molecule has 1 aliphatic carbocycles. The molecule has 4 heteroatoms. The summed E-state index contributed by atoms with van der Waals surface area (Å²) in [6.45, 7) is 3.54. The molecule has 0 aromatic heterocycles. The summed E-state index contributed by atoms with van der Waals surface area (Å²) in [5.74, 6) is 0.567. The Bertz CT molecular complexity index is 327. The first-order valence-electron chi connectivity index (χ1n) is 8.20. The molecule has 4 atom stereocenters. The Hall–Kier alpha value is -0.610. The van der Waals surface area contributed by atoms with Gasteiger partial charge in [0, 0.05) is 0 Å².